The minimum absolute atomic E-state index is 0.364. The first-order valence-corrected chi connectivity index (χ1v) is 8.29. The van der Waals surface area contributed by atoms with Gasteiger partial charge in [-0.1, -0.05) is 28.9 Å². The molecule has 0 bridgehead atoms. The van der Waals surface area contributed by atoms with Crippen molar-refractivity contribution in [3.05, 3.63) is 34.9 Å². The molecule has 1 amide bonds. The van der Waals surface area contributed by atoms with Crippen molar-refractivity contribution >= 4 is 5.91 Å². The highest BCUT2D eigenvalue weighted by Gasteiger charge is 2.20. The van der Waals surface area contributed by atoms with Crippen molar-refractivity contribution in [3.8, 4) is 0 Å². The van der Waals surface area contributed by atoms with E-state index in [1.807, 2.05) is 6.92 Å². The average molecular weight is 323 g/mol. The maximum atomic E-state index is 12.0. The van der Waals surface area contributed by atoms with E-state index in [9.17, 15) is 15.0 Å². The van der Waals surface area contributed by atoms with Gasteiger partial charge < -0.3 is 10.2 Å². The van der Waals surface area contributed by atoms with Crippen molar-refractivity contribution in [1.29, 1.82) is 0 Å². The molecule has 2 unspecified atom stereocenters. The zero-order valence-corrected chi connectivity index (χ0v) is 15.5. The maximum Gasteiger partial charge on any atom is 0.250 e. The monoisotopic (exact) mass is 323 g/mol. The molecule has 23 heavy (non-hydrogen) atoms. The standard InChI is InChI=1S/C19H33NO3/c1-14(2)9-7-10-15(3)11-8-12-16(4)13-19(23)20(17(5)21)18(6)22/h9,11,13,17-18,21-22H,7-8,10,12H2,1-6H3. The molecule has 2 atom stereocenters. The molecule has 0 rings (SSSR count). The van der Waals surface area contributed by atoms with Crippen LogP contribution in [0.15, 0.2) is 34.9 Å². The number of rotatable bonds is 9. The predicted molar refractivity (Wildman–Crippen MR) is 95.6 cm³/mol. The van der Waals surface area contributed by atoms with Gasteiger partial charge in [-0.15, -0.1) is 0 Å². The fourth-order valence-corrected chi connectivity index (χ4v) is 2.27. The zero-order chi connectivity index (χ0) is 18.0. The molecule has 4 nitrogen and oxygen atoms in total. The van der Waals surface area contributed by atoms with Gasteiger partial charge in [0.1, 0.15) is 12.5 Å². The molecule has 132 valence electrons. The molecule has 0 aliphatic rings. The Labute approximate surface area is 141 Å². The smallest absolute Gasteiger partial charge is 0.250 e. The second-order valence-corrected chi connectivity index (χ2v) is 6.41. The quantitative estimate of drug-likeness (QED) is 0.384. The van der Waals surface area contributed by atoms with Gasteiger partial charge in [-0.25, -0.2) is 0 Å². The summed E-state index contributed by atoms with van der Waals surface area (Å²) in [5, 5.41) is 19.1. The molecule has 0 radical (unpaired) electrons. The van der Waals surface area contributed by atoms with Gasteiger partial charge in [0.2, 0.25) is 0 Å². The SMILES string of the molecule is CC(C)=CCCC(C)=CCCC(C)=CC(=O)N(C(C)O)C(C)O. The Morgan fingerprint density at radius 1 is 0.913 bits per heavy atom. The van der Waals surface area contributed by atoms with Crippen molar-refractivity contribution in [1.82, 2.24) is 4.90 Å². The fourth-order valence-electron chi connectivity index (χ4n) is 2.27. The first-order chi connectivity index (χ1) is 10.6. The van der Waals surface area contributed by atoms with Gasteiger partial charge in [-0.2, -0.15) is 0 Å². The van der Waals surface area contributed by atoms with E-state index in [4.69, 9.17) is 0 Å². The molecule has 2 N–H and O–H groups in total. The zero-order valence-electron chi connectivity index (χ0n) is 15.5. The summed E-state index contributed by atoms with van der Waals surface area (Å²) in [6.07, 6.45) is 7.72. The molecule has 0 saturated carbocycles. The number of aliphatic hydroxyl groups excluding tert-OH is 2. The Balaban J connectivity index is 4.45. The van der Waals surface area contributed by atoms with Crippen LogP contribution < -0.4 is 0 Å². The number of carbonyl (C=O) groups excluding carboxylic acids is 1. The van der Waals surface area contributed by atoms with E-state index in [1.54, 1.807) is 0 Å². The summed E-state index contributed by atoms with van der Waals surface area (Å²) in [5.41, 5.74) is 3.64. The largest absolute Gasteiger partial charge is 0.374 e. The molecular weight excluding hydrogens is 290 g/mol. The third-order valence-corrected chi connectivity index (χ3v) is 3.55. The molecule has 0 spiro atoms. The van der Waals surface area contributed by atoms with Crippen LogP contribution in [0.4, 0.5) is 0 Å². The van der Waals surface area contributed by atoms with Crippen LogP contribution in [-0.4, -0.2) is 33.5 Å². The molecule has 0 aromatic heterocycles. The molecule has 0 aliphatic heterocycles. The summed E-state index contributed by atoms with van der Waals surface area (Å²) < 4.78 is 0. The van der Waals surface area contributed by atoms with Crippen molar-refractivity contribution < 1.29 is 15.0 Å². The van der Waals surface area contributed by atoms with E-state index in [1.165, 1.54) is 31.1 Å². The van der Waals surface area contributed by atoms with Crippen LogP contribution in [0.25, 0.3) is 0 Å². The van der Waals surface area contributed by atoms with Crippen LogP contribution >= 0.6 is 0 Å². The van der Waals surface area contributed by atoms with Crippen LogP contribution in [0, 0.1) is 0 Å². The number of allylic oxidation sites excluding steroid dienone is 5. The third kappa shape index (κ3) is 10.1. The summed E-state index contributed by atoms with van der Waals surface area (Å²) in [5.74, 6) is -0.364. The van der Waals surface area contributed by atoms with Crippen LogP contribution in [0.3, 0.4) is 0 Å². The second-order valence-electron chi connectivity index (χ2n) is 6.41. The van der Waals surface area contributed by atoms with Crippen molar-refractivity contribution in [2.75, 3.05) is 0 Å². The highest BCUT2D eigenvalue weighted by atomic mass is 16.3. The minimum atomic E-state index is -1.01. The van der Waals surface area contributed by atoms with Gasteiger partial charge in [0.15, 0.2) is 0 Å². The lowest BCUT2D eigenvalue weighted by Gasteiger charge is -2.27. The highest BCUT2D eigenvalue weighted by Crippen LogP contribution is 2.12. The lowest BCUT2D eigenvalue weighted by Crippen LogP contribution is -2.43. The first kappa shape index (κ1) is 21.6. The van der Waals surface area contributed by atoms with E-state index in [0.29, 0.717) is 0 Å². The van der Waals surface area contributed by atoms with Gasteiger partial charge in [0, 0.05) is 6.08 Å². The van der Waals surface area contributed by atoms with Crippen LogP contribution in [0.1, 0.15) is 67.2 Å². The van der Waals surface area contributed by atoms with E-state index in [0.717, 1.165) is 36.2 Å². The van der Waals surface area contributed by atoms with E-state index in [2.05, 4.69) is 32.9 Å². The summed E-state index contributed by atoms with van der Waals surface area (Å²) in [6, 6.07) is 0. The fraction of sp³-hybridized carbons (Fsp3) is 0.632. The topological polar surface area (TPSA) is 60.8 Å². The molecule has 4 heteroatoms. The Hall–Kier alpha value is -1.39. The highest BCUT2D eigenvalue weighted by molar-refractivity contribution is 5.88. The second kappa shape index (κ2) is 11.2. The van der Waals surface area contributed by atoms with Crippen LogP contribution in [0.5, 0.6) is 0 Å². The Kier molecular flexibility index (Phi) is 10.5. The number of nitrogens with zero attached hydrogens (tertiary/aromatic N) is 1. The first-order valence-electron chi connectivity index (χ1n) is 8.29. The van der Waals surface area contributed by atoms with Crippen molar-refractivity contribution in [2.24, 2.45) is 0 Å². The van der Waals surface area contributed by atoms with Gasteiger partial charge in [0.25, 0.3) is 5.91 Å². The lowest BCUT2D eigenvalue weighted by atomic mass is 10.1. The van der Waals surface area contributed by atoms with Crippen molar-refractivity contribution in [3.63, 3.8) is 0 Å². The molecule has 0 heterocycles. The normalized spacial score (nSPS) is 15.1. The van der Waals surface area contributed by atoms with Crippen molar-refractivity contribution in [2.45, 2.75) is 79.7 Å². The van der Waals surface area contributed by atoms with Gasteiger partial charge in [0.05, 0.1) is 0 Å². The average Bonchev–Trinajstić information content (AvgIpc) is 2.36. The Bertz CT molecular complexity index is 447. The third-order valence-electron chi connectivity index (χ3n) is 3.55. The van der Waals surface area contributed by atoms with E-state index < -0.39 is 12.5 Å². The predicted octanol–water partition coefficient (Wildman–Crippen LogP) is 3.91. The number of hydrogen-bond acceptors (Lipinski definition) is 3. The Morgan fingerprint density at radius 3 is 1.87 bits per heavy atom. The van der Waals surface area contributed by atoms with E-state index in [-0.39, 0.29) is 5.91 Å². The summed E-state index contributed by atoms with van der Waals surface area (Å²) in [4.78, 5) is 13.1. The number of hydrogen-bond donors (Lipinski definition) is 2. The van der Waals surface area contributed by atoms with Gasteiger partial charge in [-0.05, 0) is 67.2 Å². The molecule has 0 aromatic carbocycles. The van der Waals surface area contributed by atoms with Crippen LogP contribution in [0.2, 0.25) is 0 Å². The summed E-state index contributed by atoms with van der Waals surface area (Å²) >= 11 is 0. The van der Waals surface area contributed by atoms with E-state index >= 15 is 0 Å². The molecular formula is C19H33NO3. The maximum absolute atomic E-state index is 12.0. The molecule has 0 aromatic rings. The lowest BCUT2D eigenvalue weighted by molar-refractivity contribution is -0.150. The Morgan fingerprint density at radius 2 is 1.39 bits per heavy atom. The molecule has 0 aliphatic carbocycles. The summed E-state index contributed by atoms with van der Waals surface area (Å²) in [7, 11) is 0. The minimum Gasteiger partial charge on any atom is -0.374 e. The van der Waals surface area contributed by atoms with Crippen LogP contribution in [-0.2, 0) is 4.79 Å². The summed E-state index contributed by atoms with van der Waals surface area (Å²) in [6.45, 7) is 11.2. The molecule has 0 fully saturated rings. The number of carbonyl (C=O) groups is 1. The molecule has 0 saturated heterocycles. The number of aliphatic hydroxyl groups is 2. The van der Waals surface area contributed by atoms with Gasteiger partial charge >= 0.3 is 0 Å². The number of amides is 1. The van der Waals surface area contributed by atoms with Gasteiger partial charge in [-0.3, -0.25) is 9.69 Å².